The van der Waals surface area contributed by atoms with Gasteiger partial charge in [-0.05, 0) is 130 Å². The maximum atomic E-state index is 2.58. The Hall–Kier alpha value is -6.70. The molecular weight excluding hydrogens is 723 g/mol. The molecule has 0 atom stereocenters. The highest BCUT2D eigenvalue weighted by Crippen LogP contribution is 2.57. The number of nitrogens with zero attached hydrogens (tertiary/aromatic N) is 1. The molecule has 12 rings (SSSR count). The summed E-state index contributed by atoms with van der Waals surface area (Å²) in [5.41, 5.74) is 21.8. The third-order valence-electron chi connectivity index (χ3n) is 14.7. The standard InChI is InChI=1S/C59H47N/c1-57(2)50-31-25-38(42-21-13-16-36-15-7-8-18-41(36)42)33-47(50)56-54(32-26-37-17-14-24-51(57)55(37)56)60(39-27-29-45-43-19-9-11-22-48(43)58(3,4)52(45)34-39)40-28-30-46-44-20-10-12-23-49(44)59(5,6)53(46)35-40/h7-35H,1-6H3. The van der Waals surface area contributed by atoms with Crippen molar-refractivity contribution in [2.75, 3.05) is 4.90 Å². The molecule has 0 bridgehead atoms. The monoisotopic (exact) mass is 769 g/mol. The molecule has 0 spiro atoms. The highest BCUT2D eigenvalue weighted by atomic mass is 15.1. The summed E-state index contributed by atoms with van der Waals surface area (Å²) >= 11 is 0. The van der Waals surface area contributed by atoms with Crippen LogP contribution in [-0.2, 0) is 16.2 Å². The lowest BCUT2D eigenvalue weighted by molar-refractivity contribution is 0.645. The molecule has 0 amide bonds. The molecule has 0 heterocycles. The van der Waals surface area contributed by atoms with E-state index in [4.69, 9.17) is 0 Å². The Bertz CT molecular complexity index is 3190. The highest BCUT2D eigenvalue weighted by Gasteiger charge is 2.40. The first-order chi connectivity index (χ1) is 29.0. The van der Waals surface area contributed by atoms with E-state index >= 15 is 0 Å². The van der Waals surface area contributed by atoms with Crippen LogP contribution in [0.4, 0.5) is 17.1 Å². The van der Waals surface area contributed by atoms with E-state index < -0.39 is 0 Å². The summed E-state index contributed by atoms with van der Waals surface area (Å²) in [7, 11) is 0. The summed E-state index contributed by atoms with van der Waals surface area (Å²) in [6.45, 7) is 14.4. The lowest BCUT2D eigenvalue weighted by Gasteiger charge is -2.38. The van der Waals surface area contributed by atoms with Gasteiger partial charge < -0.3 is 4.90 Å². The first-order valence-corrected chi connectivity index (χ1v) is 21.5. The fraction of sp³-hybridized carbons (Fsp3) is 0.153. The number of hydrogen-bond acceptors (Lipinski definition) is 1. The van der Waals surface area contributed by atoms with Crippen molar-refractivity contribution in [3.63, 3.8) is 0 Å². The molecule has 0 N–H and O–H groups in total. The molecule has 0 aliphatic heterocycles. The first-order valence-electron chi connectivity index (χ1n) is 21.5. The molecular formula is C59H47N. The van der Waals surface area contributed by atoms with Gasteiger partial charge in [0.05, 0.1) is 5.69 Å². The molecule has 0 saturated carbocycles. The number of anilines is 3. The van der Waals surface area contributed by atoms with Crippen molar-refractivity contribution >= 4 is 38.6 Å². The Morgan fingerprint density at radius 3 is 1.52 bits per heavy atom. The molecule has 0 aromatic heterocycles. The topological polar surface area (TPSA) is 3.24 Å². The van der Waals surface area contributed by atoms with Crippen molar-refractivity contribution in [3.05, 3.63) is 209 Å². The SMILES string of the molecule is CC1(C)c2ccccc2-c2ccc(N(c3ccc4c(c3)C(C)(C)c3ccccc3-4)c3ccc4cccc5c4c3-c3cc(-c4cccc6ccccc46)ccc3C5(C)C)cc21. The van der Waals surface area contributed by atoms with Crippen LogP contribution in [0.2, 0.25) is 0 Å². The Labute approximate surface area is 353 Å². The van der Waals surface area contributed by atoms with Crippen LogP contribution in [0, 0.1) is 0 Å². The predicted octanol–water partition coefficient (Wildman–Crippen LogP) is 16.0. The minimum atomic E-state index is -0.199. The van der Waals surface area contributed by atoms with Gasteiger partial charge in [-0.2, -0.15) is 0 Å². The van der Waals surface area contributed by atoms with Gasteiger partial charge in [-0.25, -0.2) is 0 Å². The molecule has 0 fully saturated rings. The van der Waals surface area contributed by atoms with Gasteiger partial charge in [0.25, 0.3) is 0 Å². The zero-order valence-electron chi connectivity index (χ0n) is 35.2. The third kappa shape index (κ3) is 4.69. The minimum Gasteiger partial charge on any atom is -0.310 e. The van der Waals surface area contributed by atoms with E-state index in [0.29, 0.717) is 0 Å². The average molecular weight is 770 g/mol. The van der Waals surface area contributed by atoms with Crippen molar-refractivity contribution in [1.29, 1.82) is 0 Å². The van der Waals surface area contributed by atoms with Gasteiger partial charge in [0.15, 0.2) is 0 Å². The second kappa shape index (κ2) is 12.2. The first kappa shape index (κ1) is 35.3. The molecule has 288 valence electrons. The normalized spacial score (nSPS) is 15.6. The minimum absolute atomic E-state index is 0.135. The van der Waals surface area contributed by atoms with E-state index in [9.17, 15) is 0 Å². The van der Waals surface area contributed by atoms with Crippen LogP contribution in [0.1, 0.15) is 74.9 Å². The number of rotatable bonds is 4. The molecule has 1 heteroatoms. The lowest BCUT2D eigenvalue weighted by atomic mass is 9.67. The van der Waals surface area contributed by atoms with Gasteiger partial charge in [0.1, 0.15) is 0 Å². The van der Waals surface area contributed by atoms with Crippen molar-refractivity contribution < 1.29 is 0 Å². The summed E-state index contributed by atoms with van der Waals surface area (Å²) in [4.78, 5) is 2.58. The number of benzene rings is 9. The average Bonchev–Trinajstić information content (AvgIpc) is 3.64. The Balaban J connectivity index is 1.16. The van der Waals surface area contributed by atoms with Crippen LogP contribution in [-0.4, -0.2) is 0 Å². The molecule has 0 unspecified atom stereocenters. The van der Waals surface area contributed by atoms with Gasteiger partial charge in [-0.1, -0.05) is 181 Å². The maximum absolute atomic E-state index is 2.58. The molecule has 60 heavy (non-hydrogen) atoms. The second-order valence-electron chi connectivity index (χ2n) is 18.9. The van der Waals surface area contributed by atoms with E-state index in [0.717, 1.165) is 0 Å². The molecule has 9 aromatic carbocycles. The zero-order chi connectivity index (χ0) is 40.7. The van der Waals surface area contributed by atoms with Crippen LogP contribution in [0.25, 0.3) is 66.1 Å². The Morgan fingerprint density at radius 2 is 0.833 bits per heavy atom. The van der Waals surface area contributed by atoms with Crippen LogP contribution < -0.4 is 4.90 Å². The predicted molar refractivity (Wildman–Crippen MR) is 254 cm³/mol. The summed E-state index contributed by atoms with van der Waals surface area (Å²) < 4.78 is 0. The third-order valence-corrected chi connectivity index (χ3v) is 14.7. The lowest BCUT2D eigenvalue weighted by Crippen LogP contribution is -2.25. The van der Waals surface area contributed by atoms with Crippen LogP contribution in [0.5, 0.6) is 0 Å². The smallest absolute Gasteiger partial charge is 0.0546 e. The quantitative estimate of drug-likeness (QED) is 0.172. The van der Waals surface area contributed by atoms with Crippen molar-refractivity contribution in [2.45, 2.75) is 57.8 Å². The van der Waals surface area contributed by atoms with Crippen molar-refractivity contribution in [3.8, 4) is 44.5 Å². The summed E-state index contributed by atoms with van der Waals surface area (Å²) in [5.74, 6) is 0. The van der Waals surface area contributed by atoms with Crippen LogP contribution >= 0.6 is 0 Å². The van der Waals surface area contributed by atoms with E-state index in [-0.39, 0.29) is 16.2 Å². The van der Waals surface area contributed by atoms with Crippen LogP contribution in [0.3, 0.4) is 0 Å². The second-order valence-corrected chi connectivity index (χ2v) is 18.9. The number of fused-ring (bicyclic) bond motifs is 9. The summed E-state index contributed by atoms with van der Waals surface area (Å²) in [5, 5.41) is 5.15. The van der Waals surface area contributed by atoms with E-state index in [1.54, 1.807) is 0 Å². The van der Waals surface area contributed by atoms with Crippen molar-refractivity contribution in [1.82, 2.24) is 0 Å². The fourth-order valence-electron chi connectivity index (χ4n) is 11.5. The van der Waals surface area contributed by atoms with E-state index in [2.05, 4.69) is 222 Å². The zero-order valence-corrected chi connectivity index (χ0v) is 35.2. The highest BCUT2D eigenvalue weighted by molar-refractivity contribution is 6.11. The van der Waals surface area contributed by atoms with Gasteiger partial charge in [-0.3, -0.25) is 0 Å². The molecule has 0 radical (unpaired) electrons. The molecule has 0 saturated heterocycles. The fourth-order valence-corrected chi connectivity index (χ4v) is 11.5. The van der Waals surface area contributed by atoms with Gasteiger partial charge >= 0.3 is 0 Å². The molecule has 1 nitrogen and oxygen atoms in total. The van der Waals surface area contributed by atoms with Gasteiger partial charge in [0, 0.05) is 33.2 Å². The molecule has 3 aliphatic carbocycles. The van der Waals surface area contributed by atoms with E-state index in [1.165, 1.54) is 116 Å². The van der Waals surface area contributed by atoms with Gasteiger partial charge in [-0.15, -0.1) is 0 Å². The Kier molecular flexibility index (Phi) is 7.16. The number of hydrogen-bond donors (Lipinski definition) is 0. The summed E-state index contributed by atoms with van der Waals surface area (Å²) in [6.07, 6.45) is 0. The maximum Gasteiger partial charge on any atom is 0.0546 e. The Morgan fingerprint density at radius 1 is 0.333 bits per heavy atom. The molecule has 3 aliphatic rings. The van der Waals surface area contributed by atoms with E-state index in [1.807, 2.05) is 0 Å². The largest absolute Gasteiger partial charge is 0.310 e. The summed E-state index contributed by atoms with van der Waals surface area (Å²) in [6, 6.07) is 66.9. The van der Waals surface area contributed by atoms with Crippen molar-refractivity contribution in [2.24, 2.45) is 0 Å². The van der Waals surface area contributed by atoms with Crippen LogP contribution in [0.15, 0.2) is 176 Å². The van der Waals surface area contributed by atoms with Gasteiger partial charge in [0.2, 0.25) is 0 Å². The molecule has 9 aromatic rings.